The summed E-state index contributed by atoms with van der Waals surface area (Å²) in [4.78, 5) is 4.72. The van der Waals surface area contributed by atoms with Gasteiger partial charge in [0.25, 0.3) is 5.95 Å². The van der Waals surface area contributed by atoms with Gasteiger partial charge in [-0.05, 0) is 54.7 Å². The number of oxazole rings is 1. The Hall–Kier alpha value is -0.973. The lowest BCUT2D eigenvalue weighted by Gasteiger charge is -2.38. The van der Waals surface area contributed by atoms with Crippen LogP contribution < -0.4 is 4.43 Å². The second-order valence-electron chi connectivity index (χ2n) is 8.53. The van der Waals surface area contributed by atoms with Crippen molar-refractivity contribution in [3.05, 3.63) is 47.2 Å². The molecule has 0 fully saturated rings. The Kier molecular flexibility index (Phi) is 6.76. The van der Waals surface area contributed by atoms with Crippen LogP contribution in [0.3, 0.4) is 0 Å². The van der Waals surface area contributed by atoms with Crippen LogP contribution in [0.15, 0.2) is 28.7 Å². The average Bonchev–Trinajstić information content (AvgIpc) is 2.86. The predicted octanol–water partition coefficient (Wildman–Crippen LogP) is 6.72. The molecule has 1 unspecified atom stereocenters. The van der Waals surface area contributed by atoms with E-state index >= 15 is 0 Å². The van der Waals surface area contributed by atoms with Crippen LogP contribution in [0.5, 0.6) is 5.95 Å². The van der Waals surface area contributed by atoms with E-state index in [2.05, 4.69) is 47.3 Å². The topological polar surface area (TPSA) is 35.3 Å². The first-order valence-electron chi connectivity index (χ1n) is 9.37. The lowest BCUT2D eigenvalue weighted by Crippen LogP contribution is -2.30. The second-order valence-corrected chi connectivity index (χ2v) is 19.0. The maximum absolute atomic E-state index is 13.6. The minimum absolute atomic E-state index is 0.128. The van der Waals surface area contributed by atoms with Crippen molar-refractivity contribution in [3.8, 4) is 5.95 Å². The van der Waals surface area contributed by atoms with Crippen LogP contribution in [0.4, 0.5) is 4.39 Å². The zero-order valence-electron chi connectivity index (χ0n) is 17.5. The van der Waals surface area contributed by atoms with Gasteiger partial charge < -0.3 is 8.84 Å². The van der Waals surface area contributed by atoms with Gasteiger partial charge in [-0.1, -0.05) is 51.6 Å². The normalized spacial score (nSPS) is 14.0. The molecule has 1 aromatic carbocycles. The van der Waals surface area contributed by atoms with E-state index in [1.165, 1.54) is 12.1 Å². The molecule has 0 aliphatic heterocycles. The Balaban J connectivity index is 2.75. The molecule has 150 valence electrons. The minimum Gasteiger partial charge on any atom is -0.518 e. The van der Waals surface area contributed by atoms with E-state index in [1.807, 2.05) is 19.1 Å². The van der Waals surface area contributed by atoms with Crippen molar-refractivity contribution >= 4 is 26.2 Å². The molecule has 2 aromatic rings. The van der Waals surface area contributed by atoms with Crippen molar-refractivity contribution in [3.63, 3.8) is 0 Å². The van der Waals surface area contributed by atoms with Crippen LogP contribution >= 0.6 is 6.04 Å². The zero-order chi connectivity index (χ0) is 20.6. The van der Waals surface area contributed by atoms with Gasteiger partial charge in [0.2, 0.25) is 8.32 Å². The van der Waals surface area contributed by atoms with E-state index in [-0.39, 0.29) is 11.5 Å². The van der Waals surface area contributed by atoms with E-state index in [1.54, 1.807) is 0 Å². The van der Waals surface area contributed by atoms with Crippen molar-refractivity contribution in [1.82, 2.24) is 4.98 Å². The van der Waals surface area contributed by atoms with E-state index in [0.29, 0.717) is 23.2 Å². The van der Waals surface area contributed by atoms with Crippen LogP contribution in [0, 0.1) is 12.7 Å². The first kappa shape index (κ1) is 22.3. The zero-order valence-corrected chi connectivity index (χ0v) is 20.2. The molecule has 27 heavy (non-hydrogen) atoms. The summed E-state index contributed by atoms with van der Waals surface area (Å²) in [5.74, 6) is 0.797. The van der Waals surface area contributed by atoms with Crippen LogP contribution in [0.25, 0.3) is 0 Å². The van der Waals surface area contributed by atoms with Crippen LogP contribution in [-0.4, -0.2) is 24.6 Å². The number of hydrogen-bond donors (Lipinski definition) is 0. The fourth-order valence-corrected chi connectivity index (χ4v) is 8.30. The van der Waals surface area contributed by atoms with Crippen molar-refractivity contribution in [2.75, 3.05) is 0 Å². The van der Waals surface area contributed by atoms with Crippen LogP contribution in [0.1, 0.15) is 50.5 Å². The second kappa shape index (κ2) is 8.18. The van der Waals surface area contributed by atoms with Gasteiger partial charge in [0, 0.05) is 6.92 Å². The minimum atomic E-state index is -1.99. The lowest BCUT2D eigenvalue weighted by molar-refractivity contribution is 0.369. The number of aromatic nitrogens is 1. The molecule has 1 heterocycles. The van der Waals surface area contributed by atoms with Crippen molar-refractivity contribution in [1.29, 1.82) is 0 Å². The summed E-state index contributed by atoms with van der Waals surface area (Å²) in [7, 11) is -1.90. The van der Waals surface area contributed by atoms with E-state index in [0.717, 1.165) is 11.3 Å². The molecule has 2 rings (SSSR count). The summed E-state index contributed by atoms with van der Waals surface area (Å²) in [6.45, 7) is 16.9. The van der Waals surface area contributed by atoms with Gasteiger partial charge in [-0.15, -0.1) is 0 Å². The molecular weight excluding hydrogens is 396 g/mol. The van der Waals surface area contributed by atoms with Gasteiger partial charge in [0.1, 0.15) is 11.5 Å². The number of nitrogens with zero attached hydrogens (tertiary/aromatic N) is 1. The maximum Gasteiger partial charge on any atom is 0.295 e. The Bertz CT molecular complexity index is 815. The average molecular weight is 428 g/mol. The molecule has 0 saturated carbocycles. The molecule has 0 bridgehead atoms. The Morgan fingerprint density at radius 3 is 2.04 bits per heavy atom. The molecule has 7 heteroatoms. The fraction of sp³-hybridized carbons (Fsp3) is 0.550. The molecule has 0 aliphatic carbocycles. The highest BCUT2D eigenvalue weighted by atomic mass is 32.4. The standard InChI is InChI=1S/C20H31FNO2PSSi/c1-13(2)25(26,14(3)4)19(16-9-11-17(21)12-10-16)18-20(23-15(5)22-18)24-27(6,7)8/h9-14,19H,1-8H3. The molecule has 0 amide bonds. The molecule has 0 saturated heterocycles. The highest BCUT2D eigenvalue weighted by molar-refractivity contribution is 8.15. The van der Waals surface area contributed by atoms with Gasteiger partial charge in [0.05, 0.1) is 5.66 Å². The van der Waals surface area contributed by atoms with Crippen LogP contribution in [0.2, 0.25) is 19.6 Å². The Morgan fingerprint density at radius 1 is 1.07 bits per heavy atom. The SMILES string of the molecule is Cc1nc(C(c2ccc(F)cc2)P(=S)(C(C)C)C(C)C)c(O[Si](C)(C)C)o1. The van der Waals surface area contributed by atoms with Gasteiger partial charge >= 0.3 is 0 Å². The summed E-state index contributed by atoms with van der Waals surface area (Å²) in [5.41, 5.74) is 2.23. The summed E-state index contributed by atoms with van der Waals surface area (Å²) < 4.78 is 25.7. The van der Waals surface area contributed by atoms with E-state index in [4.69, 9.17) is 25.6 Å². The first-order valence-corrected chi connectivity index (χ1v) is 15.8. The smallest absolute Gasteiger partial charge is 0.295 e. The molecule has 1 aromatic heterocycles. The monoisotopic (exact) mass is 427 g/mol. The predicted molar refractivity (Wildman–Crippen MR) is 118 cm³/mol. The summed E-state index contributed by atoms with van der Waals surface area (Å²) in [6, 6.07) is 4.66. The molecule has 0 radical (unpaired) electrons. The molecule has 3 nitrogen and oxygen atoms in total. The largest absolute Gasteiger partial charge is 0.518 e. The van der Waals surface area contributed by atoms with E-state index in [9.17, 15) is 4.39 Å². The van der Waals surface area contributed by atoms with E-state index < -0.39 is 14.4 Å². The third-order valence-electron chi connectivity index (χ3n) is 4.59. The van der Waals surface area contributed by atoms with Gasteiger partial charge in [-0.3, -0.25) is 0 Å². The molecule has 0 aliphatic rings. The van der Waals surface area contributed by atoms with Crippen molar-refractivity contribution in [2.24, 2.45) is 0 Å². The number of rotatable bonds is 7. The third-order valence-corrected chi connectivity index (χ3v) is 13.1. The summed E-state index contributed by atoms with van der Waals surface area (Å²) in [6.07, 6.45) is 0. The van der Waals surface area contributed by atoms with Gasteiger partial charge in [-0.2, -0.15) is 0 Å². The maximum atomic E-state index is 13.6. The lowest BCUT2D eigenvalue weighted by atomic mass is 10.1. The molecule has 0 N–H and O–H groups in total. The van der Waals surface area contributed by atoms with Crippen LogP contribution in [-0.2, 0) is 11.8 Å². The summed E-state index contributed by atoms with van der Waals surface area (Å²) >= 11 is 6.37. The quantitative estimate of drug-likeness (QED) is 0.363. The van der Waals surface area contributed by atoms with Crippen molar-refractivity contribution < 1.29 is 13.2 Å². The molecular formula is C20H31FNO2PSSi. The Labute approximate surface area is 168 Å². The van der Waals surface area contributed by atoms with Gasteiger partial charge in [0.15, 0.2) is 5.89 Å². The number of benzene rings is 1. The first-order chi connectivity index (χ1) is 12.4. The Morgan fingerprint density at radius 2 is 1.59 bits per heavy atom. The fourth-order valence-electron chi connectivity index (χ4n) is 3.37. The molecule has 0 spiro atoms. The highest BCUT2D eigenvalue weighted by Crippen LogP contribution is 2.69. The van der Waals surface area contributed by atoms with Crippen molar-refractivity contribution in [2.45, 2.75) is 71.2 Å². The van der Waals surface area contributed by atoms with Gasteiger partial charge in [-0.25, -0.2) is 9.37 Å². The summed E-state index contributed by atoms with van der Waals surface area (Å²) in [5, 5.41) is 0. The molecule has 1 atom stereocenters. The number of hydrogen-bond acceptors (Lipinski definition) is 4. The highest BCUT2D eigenvalue weighted by Gasteiger charge is 2.41. The third kappa shape index (κ3) is 4.90. The number of aryl methyl sites for hydroxylation is 1. The number of halogens is 1.